The highest BCUT2D eigenvalue weighted by molar-refractivity contribution is 9.10. The number of carbonyl (C=O) groups excluding carboxylic acids is 2. The predicted octanol–water partition coefficient (Wildman–Crippen LogP) is 5.17. The first-order valence-electron chi connectivity index (χ1n) is 7.95. The highest BCUT2D eigenvalue weighted by Crippen LogP contribution is 2.22. The zero-order valence-corrected chi connectivity index (χ0v) is 16.3. The van der Waals surface area contributed by atoms with Gasteiger partial charge in [0.25, 0.3) is 0 Å². The lowest BCUT2D eigenvalue weighted by Crippen LogP contribution is -2.23. The molecule has 25 heavy (non-hydrogen) atoms. The summed E-state index contributed by atoms with van der Waals surface area (Å²) in [6.07, 6.45) is 1.86. The lowest BCUT2D eigenvalue weighted by Gasteiger charge is -2.19. The molecule has 0 aliphatic rings. The Balaban J connectivity index is 1.97. The van der Waals surface area contributed by atoms with E-state index in [-0.39, 0.29) is 11.2 Å². The molecule has 1 heterocycles. The van der Waals surface area contributed by atoms with E-state index in [4.69, 9.17) is 9.15 Å². The van der Waals surface area contributed by atoms with E-state index in [0.717, 1.165) is 5.56 Å². The van der Waals surface area contributed by atoms with E-state index < -0.39 is 12.1 Å². The number of hydrogen-bond acceptors (Lipinski definition) is 4. The van der Waals surface area contributed by atoms with Crippen molar-refractivity contribution in [3.63, 3.8) is 0 Å². The minimum atomic E-state index is -0.860. The fourth-order valence-corrected chi connectivity index (χ4v) is 2.52. The van der Waals surface area contributed by atoms with E-state index >= 15 is 0 Å². The van der Waals surface area contributed by atoms with Crippen LogP contribution < -0.4 is 0 Å². The summed E-state index contributed by atoms with van der Waals surface area (Å²) in [7, 11) is 0. The Labute approximate surface area is 156 Å². The largest absolute Gasteiger partial charge is 0.451 e. The van der Waals surface area contributed by atoms with Gasteiger partial charge in [-0.2, -0.15) is 0 Å². The molecule has 1 aromatic heterocycles. The topological polar surface area (TPSA) is 56.5 Å². The van der Waals surface area contributed by atoms with Gasteiger partial charge in [0.15, 0.2) is 10.8 Å². The Morgan fingerprint density at radius 1 is 1.12 bits per heavy atom. The maximum absolute atomic E-state index is 12.4. The van der Waals surface area contributed by atoms with Gasteiger partial charge in [-0.1, -0.05) is 45.0 Å². The Bertz CT molecular complexity index is 779. The van der Waals surface area contributed by atoms with Crippen LogP contribution in [0.3, 0.4) is 0 Å². The van der Waals surface area contributed by atoms with Crippen molar-refractivity contribution in [1.29, 1.82) is 0 Å². The molecule has 0 aliphatic heterocycles. The van der Waals surface area contributed by atoms with Gasteiger partial charge < -0.3 is 9.15 Å². The van der Waals surface area contributed by atoms with Crippen LogP contribution in [0.4, 0.5) is 0 Å². The highest BCUT2D eigenvalue weighted by atomic mass is 79.9. The van der Waals surface area contributed by atoms with Crippen LogP contribution in [0.2, 0.25) is 0 Å². The van der Waals surface area contributed by atoms with Crippen molar-refractivity contribution in [1.82, 2.24) is 0 Å². The molecule has 2 aromatic rings. The molecule has 1 aromatic carbocycles. The second kappa shape index (κ2) is 7.83. The molecule has 0 saturated carbocycles. The molecule has 5 heteroatoms. The van der Waals surface area contributed by atoms with E-state index in [2.05, 4.69) is 36.7 Å². The van der Waals surface area contributed by atoms with Crippen molar-refractivity contribution >= 4 is 33.8 Å². The summed E-state index contributed by atoms with van der Waals surface area (Å²) in [4.78, 5) is 24.2. The molecule has 0 bridgehead atoms. The van der Waals surface area contributed by atoms with E-state index in [1.807, 2.05) is 12.1 Å². The van der Waals surface area contributed by atoms with Crippen molar-refractivity contribution in [3.05, 3.63) is 64.0 Å². The molecular formula is C20H21BrO4. The second-order valence-electron chi connectivity index (χ2n) is 6.75. The van der Waals surface area contributed by atoms with Crippen molar-refractivity contribution in [2.24, 2.45) is 0 Å². The molecule has 0 N–H and O–H groups in total. The summed E-state index contributed by atoms with van der Waals surface area (Å²) >= 11 is 3.18. The fraction of sp³-hybridized carbons (Fsp3) is 0.300. The second-order valence-corrected chi connectivity index (χ2v) is 7.53. The average Bonchev–Trinajstić information content (AvgIpc) is 2.97. The molecule has 2 rings (SSSR count). The van der Waals surface area contributed by atoms with Gasteiger partial charge in [-0.15, -0.1) is 0 Å². The number of hydrogen-bond donors (Lipinski definition) is 0. The van der Waals surface area contributed by atoms with Crippen LogP contribution in [0.5, 0.6) is 0 Å². The maximum Gasteiger partial charge on any atom is 0.331 e. The molecule has 0 fully saturated rings. The van der Waals surface area contributed by atoms with Crippen molar-refractivity contribution in [2.45, 2.75) is 39.2 Å². The standard InChI is InChI=1S/C20H21BrO4/c1-13(24-18(22)12-10-16-9-11-17(21)25-16)19(23)14-5-7-15(8-6-14)20(2,3)4/h5-13H,1-4H3/b12-10+/t13-/m1/s1. The molecule has 0 aliphatic carbocycles. The van der Waals surface area contributed by atoms with Crippen LogP contribution in [0.25, 0.3) is 6.08 Å². The van der Waals surface area contributed by atoms with E-state index in [1.165, 1.54) is 12.2 Å². The van der Waals surface area contributed by atoms with Crippen LogP contribution >= 0.6 is 15.9 Å². The summed E-state index contributed by atoms with van der Waals surface area (Å²) in [5.74, 6) is -0.316. The number of furan rings is 1. The first kappa shape index (κ1) is 19.2. The zero-order valence-electron chi connectivity index (χ0n) is 14.7. The molecular weight excluding hydrogens is 384 g/mol. The van der Waals surface area contributed by atoms with E-state index in [1.54, 1.807) is 31.2 Å². The number of ketones is 1. The maximum atomic E-state index is 12.4. The molecule has 0 amide bonds. The summed E-state index contributed by atoms with van der Waals surface area (Å²) in [6.45, 7) is 7.89. The molecule has 0 spiro atoms. The van der Waals surface area contributed by atoms with Crippen molar-refractivity contribution in [2.75, 3.05) is 0 Å². The highest BCUT2D eigenvalue weighted by Gasteiger charge is 2.20. The van der Waals surface area contributed by atoms with Crippen LogP contribution in [-0.2, 0) is 14.9 Å². The number of ether oxygens (including phenoxy) is 1. The number of benzene rings is 1. The Hall–Kier alpha value is -2.14. The third-order valence-corrected chi connectivity index (χ3v) is 4.10. The molecule has 4 nitrogen and oxygen atoms in total. The van der Waals surface area contributed by atoms with Gasteiger partial charge in [-0.25, -0.2) is 4.79 Å². The number of carbonyl (C=O) groups is 2. The lowest BCUT2D eigenvalue weighted by molar-refractivity contribution is -0.140. The number of Topliss-reactive ketones (excluding diaryl/α,β-unsaturated/α-hetero) is 1. The quantitative estimate of drug-likeness (QED) is 0.391. The van der Waals surface area contributed by atoms with Crippen LogP contribution in [0.15, 0.2) is 51.6 Å². The van der Waals surface area contributed by atoms with Gasteiger partial charge >= 0.3 is 5.97 Å². The predicted molar refractivity (Wildman–Crippen MR) is 100 cm³/mol. The van der Waals surface area contributed by atoms with E-state index in [9.17, 15) is 9.59 Å². The Kier molecular flexibility index (Phi) is 6.01. The SMILES string of the molecule is C[C@@H](OC(=O)/C=C/c1ccc(Br)o1)C(=O)c1ccc(C(C)(C)C)cc1. The van der Waals surface area contributed by atoms with Gasteiger partial charge in [-0.05, 0) is 52.0 Å². The van der Waals surface area contributed by atoms with Crippen LogP contribution in [-0.4, -0.2) is 17.9 Å². The third kappa shape index (κ3) is 5.43. The summed E-state index contributed by atoms with van der Waals surface area (Å²) in [6, 6.07) is 10.8. The molecule has 132 valence electrons. The Morgan fingerprint density at radius 3 is 2.28 bits per heavy atom. The van der Waals surface area contributed by atoms with Gasteiger partial charge in [0.1, 0.15) is 5.76 Å². The van der Waals surface area contributed by atoms with Crippen molar-refractivity contribution in [3.8, 4) is 0 Å². The van der Waals surface area contributed by atoms with Gasteiger partial charge in [0.2, 0.25) is 5.78 Å². The minimum Gasteiger partial charge on any atom is -0.451 e. The minimum absolute atomic E-state index is 0.0191. The first-order valence-corrected chi connectivity index (χ1v) is 8.75. The third-order valence-electron chi connectivity index (χ3n) is 3.68. The average molecular weight is 405 g/mol. The summed E-state index contributed by atoms with van der Waals surface area (Å²) in [5.41, 5.74) is 1.68. The zero-order chi connectivity index (χ0) is 18.6. The van der Waals surface area contributed by atoms with Gasteiger partial charge in [-0.3, -0.25) is 4.79 Å². The number of esters is 1. The number of rotatable bonds is 5. The molecule has 1 atom stereocenters. The van der Waals surface area contributed by atoms with Gasteiger partial charge in [0.05, 0.1) is 0 Å². The Morgan fingerprint density at radius 2 is 1.76 bits per heavy atom. The van der Waals surface area contributed by atoms with E-state index in [0.29, 0.717) is 16.0 Å². The van der Waals surface area contributed by atoms with Crippen LogP contribution in [0, 0.1) is 0 Å². The normalized spacial score (nSPS) is 13.0. The van der Waals surface area contributed by atoms with Gasteiger partial charge in [0, 0.05) is 11.6 Å². The molecule has 0 saturated heterocycles. The lowest BCUT2D eigenvalue weighted by atomic mass is 9.86. The first-order chi connectivity index (χ1) is 11.7. The molecule has 0 radical (unpaired) electrons. The fourth-order valence-electron chi connectivity index (χ4n) is 2.20. The summed E-state index contributed by atoms with van der Waals surface area (Å²) < 4.78 is 11.0. The van der Waals surface area contributed by atoms with Crippen molar-refractivity contribution < 1.29 is 18.7 Å². The number of halogens is 1. The summed E-state index contributed by atoms with van der Waals surface area (Å²) in [5, 5.41) is 0. The van der Waals surface area contributed by atoms with Crippen LogP contribution in [0.1, 0.15) is 49.4 Å². The molecule has 0 unspecified atom stereocenters. The monoisotopic (exact) mass is 404 g/mol. The smallest absolute Gasteiger partial charge is 0.331 e.